The zero-order valence-electron chi connectivity index (χ0n) is 15.0. The van der Waals surface area contributed by atoms with Crippen LogP contribution < -0.4 is 5.32 Å². The van der Waals surface area contributed by atoms with Crippen molar-refractivity contribution >= 4 is 22.9 Å². The number of hydrogen-bond donors (Lipinski definition) is 2. The van der Waals surface area contributed by atoms with Crippen molar-refractivity contribution in [2.45, 2.75) is 19.9 Å². The van der Waals surface area contributed by atoms with E-state index in [9.17, 15) is 4.79 Å². The van der Waals surface area contributed by atoms with Gasteiger partial charge in [-0.3, -0.25) is 10.1 Å². The molecule has 0 aliphatic rings. The number of nitrogens with zero attached hydrogens (tertiary/aromatic N) is 5. The number of imidazole rings is 1. The zero-order chi connectivity index (χ0) is 18.8. The summed E-state index contributed by atoms with van der Waals surface area (Å²) in [5, 5.41) is 15.4. The van der Waals surface area contributed by atoms with E-state index < -0.39 is 6.04 Å². The molecule has 0 saturated carbocycles. The number of fused-ring (bicyclic) bond motifs is 1. The molecule has 1 unspecified atom stereocenters. The monoisotopic (exact) mass is 361 g/mol. The number of benzene rings is 2. The van der Waals surface area contributed by atoms with E-state index in [-0.39, 0.29) is 11.8 Å². The van der Waals surface area contributed by atoms with Gasteiger partial charge in [-0.05, 0) is 23.3 Å². The molecule has 4 aromatic rings. The standard InChI is InChI=1S/C19H19N7O/c1-12(2)16(26-24-17(23-25-26)13-8-4-3-5-9-13)18(27)22-19-20-14-10-6-7-11-15(14)21-19/h3-12,16H,1-2H3,(H2,20,21,22,27). The number of amides is 1. The molecule has 2 aromatic carbocycles. The van der Waals surface area contributed by atoms with Gasteiger partial charge in [0.15, 0.2) is 6.04 Å². The molecule has 0 fully saturated rings. The van der Waals surface area contributed by atoms with Crippen molar-refractivity contribution in [3.05, 3.63) is 54.6 Å². The lowest BCUT2D eigenvalue weighted by Crippen LogP contribution is -2.32. The van der Waals surface area contributed by atoms with Crippen molar-refractivity contribution in [2.75, 3.05) is 5.32 Å². The van der Waals surface area contributed by atoms with Gasteiger partial charge in [-0.15, -0.1) is 10.2 Å². The molecule has 0 saturated heterocycles. The topological polar surface area (TPSA) is 101 Å². The highest BCUT2D eigenvalue weighted by Crippen LogP contribution is 2.21. The van der Waals surface area contributed by atoms with Crippen LogP contribution in [0.3, 0.4) is 0 Å². The molecule has 2 aromatic heterocycles. The van der Waals surface area contributed by atoms with Gasteiger partial charge in [0.2, 0.25) is 11.8 Å². The summed E-state index contributed by atoms with van der Waals surface area (Å²) in [4.78, 5) is 21.7. The second kappa shape index (κ2) is 6.99. The molecule has 0 aliphatic carbocycles. The maximum atomic E-state index is 12.9. The van der Waals surface area contributed by atoms with E-state index >= 15 is 0 Å². The zero-order valence-corrected chi connectivity index (χ0v) is 15.0. The van der Waals surface area contributed by atoms with Crippen LogP contribution in [-0.2, 0) is 4.79 Å². The third kappa shape index (κ3) is 3.41. The minimum atomic E-state index is -0.608. The molecule has 0 radical (unpaired) electrons. The summed E-state index contributed by atoms with van der Waals surface area (Å²) in [7, 11) is 0. The molecule has 1 atom stereocenters. The van der Waals surface area contributed by atoms with Crippen molar-refractivity contribution in [1.29, 1.82) is 0 Å². The fourth-order valence-electron chi connectivity index (χ4n) is 2.92. The number of carbonyl (C=O) groups excluding carboxylic acids is 1. The summed E-state index contributed by atoms with van der Waals surface area (Å²) < 4.78 is 0. The third-order valence-electron chi connectivity index (χ3n) is 4.24. The number of H-pyrrole nitrogens is 1. The van der Waals surface area contributed by atoms with Crippen LogP contribution in [0.1, 0.15) is 19.9 Å². The van der Waals surface area contributed by atoms with Crippen LogP contribution in [-0.4, -0.2) is 36.1 Å². The first-order chi connectivity index (χ1) is 13.1. The number of rotatable bonds is 5. The number of para-hydroxylation sites is 2. The molecule has 8 heteroatoms. The van der Waals surface area contributed by atoms with Crippen LogP contribution in [0.5, 0.6) is 0 Å². The molecule has 0 spiro atoms. The van der Waals surface area contributed by atoms with Crippen LogP contribution in [0, 0.1) is 5.92 Å². The minimum absolute atomic E-state index is 0.0350. The number of hydrogen-bond acceptors (Lipinski definition) is 5. The van der Waals surface area contributed by atoms with Crippen molar-refractivity contribution in [1.82, 2.24) is 30.2 Å². The quantitative estimate of drug-likeness (QED) is 0.569. The number of anilines is 1. The van der Waals surface area contributed by atoms with Gasteiger partial charge in [0, 0.05) is 5.56 Å². The van der Waals surface area contributed by atoms with Gasteiger partial charge in [-0.25, -0.2) is 4.98 Å². The van der Waals surface area contributed by atoms with Gasteiger partial charge in [0.25, 0.3) is 5.91 Å². The summed E-state index contributed by atoms with van der Waals surface area (Å²) in [6.07, 6.45) is 0. The predicted octanol–water partition coefficient (Wildman–Crippen LogP) is 3.05. The molecule has 8 nitrogen and oxygen atoms in total. The Hall–Kier alpha value is -3.55. The fourth-order valence-corrected chi connectivity index (χ4v) is 2.92. The summed E-state index contributed by atoms with van der Waals surface area (Å²) in [6, 6.07) is 16.5. The molecular formula is C19H19N7O. The smallest absolute Gasteiger partial charge is 0.253 e. The van der Waals surface area contributed by atoms with E-state index in [0.717, 1.165) is 16.6 Å². The average molecular weight is 361 g/mol. The maximum absolute atomic E-state index is 12.9. The van der Waals surface area contributed by atoms with Crippen LogP contribution in [0.4, 0.5) is 5.95 Å². The minimum Gasteiger partial charge on any atom is -0.324 e. The van der Waals surface area contributed by atoms with E-state index in [1.807, 2.05) is 68.4 Å². The Morgan fingerprint density at radius 1 is 1.07 bits per heavy atom. The van der Waals surface area contributed by atoms with Crippen molar-refractivity contribution in [2.24, 2.45) is 5.92 Å². The summed E-state index contributed by atoms with van der Waals surface area (Å²) >= 11 is 0. The molecule has 27 heavy (non-hydrogen) atoms. The van der Waals surface area contributed by atoms with E-state index in [1.54, 1.807) is 0 Å². The Balaban J connectivity index is 1.58. The molecule has 0 aliphatic heterocycles. The van der Waals surface area contributed by atoms with E-state index in [4.69, 9.17) is 0 Å². The number of tetrazole rings is 1. The molecule has 0 bridgehead atoms. The largest absolute Gasteiger partial charge is 0.324 e. The second-order valence-corrected chi connectivity index (χ2v) is 6.58. The number of aromatic amines is 1. The summed E-state index contributed by atoms with van der Waals surface area (Å²) in [5.41, 5.74) is 2.50. The molecule has 2 N–H and O–H groups in total. The molecule has 136 valence electrons. The van der Waals surface area contributed by atoms with Gasteiger partial charge in [-0.1, -0.05) is 56.3 Å². The summed E-state index contributed by atoms with van der Waals surface area (Å²) in [5.74, 6) is 0.598. The first kappa shape index (κ1) is 16.9. The molecule has 4 rings (SSSR count). The van der Waals surface area contributed by atoms with Gasteiger partial charge >= 0.3 is 0 Å². The highest BCUT2D eigenvalue weighted by atomic mass is 16.2. The highest BCUT2D eigenvalue weighted by Gasteiger charge is 2.28. The van der Waals surface area contributed by atoms with E-state index in [0.29, 0.717) is 11.8 Å². The Morgan fingerprint density at radius 2 is 1.81 bits per heavy atom. The van der Waals surface area contributed by atoms with Gasteiger partial charge in [0.05, 0.1) is 11.0 Å². The average Bonchev–Trinajstić information content (AvgIpc) is 3.29. The second-order valence-electron chi connectivity index (χ2n) is 6.58. The van der Waals surface area contributed by atoms with Crippen molar-refractivity contribution in [3.63, 3.8) is 0 Å². The van der Waals surface area contributed by atoms with Crippen LogP contribution >= 0.6 is 0 Å². The maximum Gasteiger partial charge on any atom is 0.253 e. The van der Waals surface area contributed by atoms with Crippen LogP contribution in [0.25, 0.3) is 22.4 Å². The lowest BCUT2D eigenvalue weighted by molar-refractivity contribution is -0.121. The Bertz CT molecular complexity index is 1030. The lowest BCUT2D eigenvalue weighted by atomic mass is 10.0. The Morgan fingerprint density at radius 3 is 2.56 bits per heavy atom. The van der Waals surface area contributed by atoms with Crippen molar-refractivity contribution in [3.8, 4) is 11.4 Å². The number of aromatic nitrogens is 6. The summed E-state index contributed by atoms with van der Waals surface area (Å²) in [6.45, 7) is 3.88. The molecule has 1 amide bonds. The Labute approximate surface area is 155 Å². The molecular weight excluding hydrogens is 342 g/mol. The van der Waals surface area contributed by atoms with Gasteiger partial charge < -0.3 is 4.98 Å². The number of nitrogens with one attached hydrogen (secondary N) is 2. The predicted molar refractivity (Wildman–Crippen MR) is 102 cm³/mol. The SMILES string of the molecule is CC(C)C(C(=O)Nc1nc2ccccc2[nH]1)n1nnc(-c2ccccc2)n1. The molecule has 2 heterocycles. The first-order valence-corrected chi connectivity index (χ1v) is 8.72. The first-order valence-electron chi connectivity index (χ1n) is 8.72. The van der Waals surface area contributed by atoms with Crippen LogP contribution in [0.2, 0.25) is 0 Å². The third-order valence-corrected chi connectivity index (χ3v) is 4.24. The van der Waals surface area contributed by atoms with Gasteiger partial charge in [-0.2, -0.15) is 4.80 Å². The Kier molecular flexibility index (Phi) is 4.37. The van der Waals surface area contributed by atoms with Gasteiger partial charge in [0.1, 0.15) is 0 Å². The van der Waals surface area contributed by atoms with Crippen LogP contribution in [0.15, 0.2) is 54.6 Å². The highest BCUT2D eigenvalue weighted by molar-refractivity contribution is 5.93. The van der Waals surface area contributed by atoms with Crippen molar-refractivity contribution < 1.29 is 4.79 Å². The number of carbonyl (C=O) groups is 1. The lowest BCUT2D eigenvalue weighted by Gasteiger charge is -2.17. The van der Waals surface area contributed by atoms with E-state index in [2.05, 4.69) is 30.7 Å². The fraction of sp³-hybridized carbons (Fsp3) is 0.211. The normalized spacial score (nSPS) is 12.4. The van der Waals surface area contributed by atoms with E-state index in [1.165, 1.54) is 4.80 Å².